The predicted octanol–water partition coefficient (Wildman–Crippen LogP) is 4.20. The van der Waals surface area contributed by atoms with Gasteiger partial charge < -0.3 is 9.42 Å². The van der Waals surface area contributed by atoms with E-state index in [-0.39, 0.29) is 0 Å². The molecule has 1 atom stereocenters. The number of aromatic nitrogens is 1. The van der Waals surface area contributed by atoms with Gasteiger partial charge in [0.15, 0.2) is 0 Å². The van der Waals surface area contributed by atoms with Crippen LogP contribution in [0.5, 0.6) is 0 Å². The maximum Gasteiger partial charge on any atom is 0.416 e. The summed E-state index contributed by atoms with van der Waals surface area (Å²) in [6, 6.07) is 5.82. The molecule has 146 valence electrons. The summed E-state index contributed by atoms with van der Waals surface area (Å²) in [5.41, 5.74) is 1.71. The summed E-state index contributed by atoms with van der Waals surface area (Å²) in [7, 11) is 2.19. The third-order valence-electron chi connectivity index (χ3n) is 5.84. The van der Waals surface area contributed by atoms with Gasteiger partial charge in [0.25, 0.3) is 0 Å². The zero-order valence-electron chi connectivity index (χ0n) is 15.4. The Morgan fingerprint density at radius 2 is 1.96 bits per heavy atom. The molecule has 0 saturated carbocycles. The molecule has 0 unspecified atom stereocenters. The van der Waals surface area contributed by atoms with Gasteiger partial charge in [0, 0.05) is 36.7 Å². The van der Waals surface area contributed by atoms with E-state index in [0.29, 0.717) is 17.3 Å². The normalized spacial score (nSPS) is 21.6. The Balaban J connectivity index is 1.46. The lowest BCUT2D eigenvalue weighted by Crippen LogP contribution is -2.35. The van der Waals surface area contributed by atoms with Crippen LogP contribution in [0.3, 0.4) is 0 Å². The van der Waals surface area contributed by atoms with Gasteiger partial charge in [0.2, 0.25) is 0 Å². The zero-order valence-corrected chi connectivity index (χ0v) is 15.4. The number of nitrogens with zero attached hydrogens (tertiary/aromatic N) is 3. The topological polar surface area (TPSA) is 32.5 Å². The minimum Gasteiger partial charge on any atom is -0.360 e. The number of fused-ring (bicyclic) bond motifs is 1. The van der Waals surface area contributed by atoms with Crippen molar-refractivity contribution in [2.45, 2.75) is 44.4 Å². The van der Waals surface area contributed by atoms with E-state index in [2.05, 4.69) is 22.0 Å². The molecule has 4 rings (SSSR count). The number of hydrogen-bond acceptors (Lipinski definition) is 4. The van der Waals surface area contributed by atoms with Crippen LogP contribution >= 0.6 is 0 Å². The maximum atomic E-state index is 12.8. The fraction of sp³-hybridized carbons (Fsp3) is 0.550. The second-order valence-corrected chi connectivity index (χ2v) is 7.60. The second kappa shape index (κ2) is 7.28. The smallest absolute Gasteiger partial charge is 0.360 e. The van der Waals surface area contributed by atoms with Crippen molar-refractivity contribution >= 4 is 0 Å². The van der Waals surface area contributed by atoms with Gasteiger partial charge in [0.05, 0.1) is 5.56 Å². The average Bonchev–Trinajstić information content (AvgIpc) is 3.25. The molecular formula is C20H24F3N3O. The Hall–Kier alpha value is -1.86. The molecule has 1 aromatic heterocycles. The number of halogens is 3. The average molecular weight is 379 g/mol. The minimum atomic E-state index is -4.33. The SMILES string of the molecule is CN1CCC[C@H]1CCN1CCc2onc(-c3ccc(C(F)(F)F)cc3)c2C1. The van der Waals surface area contributed by atoms with E-state index in [1.54, 1.807) is 0 Å². The van der Waals surface area contributed by atoms with Crippen molar-refractivity contribution in [1.29, 1.82) is 0 Å². The first-order valence-electron chi connectivity index (χ1n) is 9.49. The van der Waals surface area contributed by atoms with Gasteiger partial charge in [-0.1, -0.05) is 17.3 Å². The molecule has 2 aliphatic heterocycles. The van der Waals surface area contributed by atoms with Crippen LogP contribution in [-0.2, 0) is 19.1 Å². The molecular weight excluding hydrogens is 355 g/mol. The van der Waals surface area contributed by atoms with Gasteiger partial charge in [-0.15, -0.1) is 0 Å². The second-order valence-electron chi connectivity index (χ2n) is 7.60. The lowest BCUT2D eigenvalue weighted by atomic mass is 10.00. The summed E-state index contributed by atoms with van der Waals surface area (Å²) in [4.78, 5) is 4.84. The van der Waals surface area contributed by atoms with Gasteiger partial charge in [-0.3, -0.25) is 4.90 Å². The molecule has 2 aliphatic rings. The van der Waals surface area contributed by atoms with Crippen LogP contribution in [0.1, 0.15) is 36.1 Å². The molecule has 0 amide bonds. The van der Waals surface area contributed by atoms with E-state index < -0.39 is 11.7 Å². The summed E-state index contributed by atoms with van der Waals surface area (Å²) in [5.74, 6) is 0.860. The largest absolute Gasteiger partial charge is 0.416 e. The first-order chi connectivity index (χ1) is 12.9. The molecule has 0 spiro atoms. The Morgan fingerprint density at radius 3 is 2.63 bits per heavy atom. The van der Waals surface area contributed by atoms with Crippen molar-refractivity contribution in [3.8, 4) is 11.3 Å². The van der Waals surface area contributed by atoms with Crippen LogP contribution in [-0.4, -0.2) is 47.7 Å². The van der Waals surface area contributed by atoms with Crippen LogP contribution in [0.25, 0.3) is 11.3 Å². The summed E-state index contributed by atoms with van der Waals surface area (Å²) in [6.07, 6.45) is 0.150. The maximum absolute atomic E-state index is 12.8. The molecule has 4 nitrogen and oxygen atoms in total. The van der Waals surface area contributed by atoms with Crippen LogP contribution < -0.4 is 0 Å². The van der Waals surface area contributed by atoms with Gasteiger partial charge in [-0.05, 0) is 51.5 Å². The minimum absolute atomic E-state index is 0.647. The fourth-order valence-corrected chi connectivity index (χ4v) is 4.18. The predicted molar refractivity (Wildman–Crippen MR) is 96.2 cm³/mol. The van der Waals surface area contributed by atoms with Gasteiger partial charge in [0.1, 0.15) is 11.5 Å². The van der Waals surface area contributed by atoms with E-state index in [0.717, 1.165) is 55.9 Å². The third-order valence-corrected chi connectivity index (χ3v) is 5.84. The molecule has 3 heterocycles. The van der Waals surface area contributed by atoms with Crippen molar-refractivity contribution in [2.75, 3.05) is 26.7 Å². The molecule has 0 bridgehead atoms. The Kier molecular flexibility index (Phi) is 4.99. The summed E-state index contributed by atoms with van der Waals surface area (Å²) in [5, 5.41) is 4.15. The zero-order chi connectivity index (χ0) is 19.0. The Bertz CT molecular complexity index is 785. The molecule has 7 heteroatoms. The molecule has 27 heavy (non-hydrogen) atoms. The van der Waals surface area contributed by atoms with Gasteiger partial charge >= 0.3 is 6.18 Å². The molecule has 2 aromatic rings. The Morgan fingerprint density at radius 1 is 1.19 bits per heavy atom. The molecule has 0 radical (unpaired) electrons. The van der Waals surface area contributed by atoms with E-state index >= 15 is 0 Å². The van der Waals surface area contributed by atoms with Crippen LogP contribution in [0.15, 0.2) is 28.8 Å². The van der Waals surface area contributed by atoms with Crippen molar-refractivity contribution in [3.63, 3.8) is 0 Å². The standard InChI is InChI=1S/C20H24F3N3O/c1-25-10-2-3-16(25)8-11-26-12-9-18-17(13-26)19(24-27-18)14-4-6-15(7-5-14)20(21,22)23/h4-7,16H,2-3,8-13H2,1H3/t16-/m0/s1. The molecule has 0 N–H and O–H groups in total. The molecule has 1 saturated heterocycles. The first kappa shape index (κ1) is 18.5. The third kappa shape index (κ3) is 3.89. The summed E-state index contributed by atoms with van der Waals surface area (Å²) < 4.78 is 43.8. The highest BCUT2D eigenvalue weighted by Crippen LogP contribution is 2.34. The van der Waals surface area contributed by atoms with Crippen molar-refractivity contribution in [3.05, 3.63) is 41.2 Å². The summed E-state index contributed by atoms with van der Waals surface area (Å²) >= 11 is 0. The molecule has 1 fully saturated rings. The highest BCUT2D eigenvalue weighted by atomic mass is 19.4. The van der Waals surface area contributed by atoms with Crippen molar-refractivity contribution in [1.82, 2.24) is 15.0 Å². The van der Waals surface area contributed by atoms with Crippen LogP contribution in [0, 0.1) is 0 Å². The number of benzene rings is 1. The number of likely N-dealkylation sites (tertiary alicyclic amines) is 1. The highest BCUT2D eigenvalue weighted by Gasteiger charge is 2.31. The van der Waals surface area contributed by atoms with Gasteiger partial charge in [-0.25, -0.2) is 0 Å². The highest BCUT2D eigenvalue weighted by molar-refractivity contribution is 5.64. The van der Waals surface area contributed by atoms with E-state index in [1.165, 1.54) is 31.5 Å². The first-order valence-corrected chi connectivity index (χ1v) is 9.49. The van der Waals surface area contributed by atoms with Gasteiger partial charge in [-0.2, -0.15) is 13.2 Å². The van der Waals surface area contributed by atoms with Crippen molar-refractivity contribution in [2.24, 2.45) is 0 Å². The summed E-state index contributed by atoms with van der Waals surface area (Å²) in [6.45, 7) is 3.88. The van der Waals surface area contributed by atoms with E-state index in [4.69, 9.17) is 4.52 Å². The van der Waals surface area contributed by atoms with Crippen LogP contribution in [0.2, 0.25) is 0 Å². The molecule has 1 aromatic carbocycles. The number of hydrogen-bond donors (Lipinski definition) is 0. The number of alkyl halides is 3. The van der Waals surface area contributed by atoms with Crippen LogP contribution in [0.4, 0.5) is 13.2 Å². The number of rotatable bonds is 4. The fourth-order valence-electron chi connectivity index (χ4n) is 4.18. The molecule has 0 aliphatic carbocycles. The van der Waals surface area contributed by atoms with Crippen molar-refractivity contribution < 1.29 is 17.7 Å². The van der Waals surface area contributed by atoms with E-state index in [9.17, 15) is 13.2 Å². The van der Waals surface area contributed by atoms with E-state index in [1.807, 2.05) is 0 Å². The Labute approximate surface area is 156 Å². The monoisotopic (exact) mass is 379 g/mol. The lowest BCUT2D eigenvalue weighted by Gasteiger charge is -2.28. The quantitative estimate of drug-likeness (QED) is 0.797. The lowest BCUT2D eigenvalue weighted by molar-refractivity contribution is -0.137.